The molecule has 0 aliphatic rings. The first-order valence-corrected chi connectivity index (χ1v) is 7.76. The topological polar surface area (TPSA) is 81.9 Å². The van der Waals surface area contributed by atoms with Gasteiger partial charge in [-0.3, -0.25) is 14.9 Å². The number of nitrogens with zero attached hydrogens (tertiary/aromatic N) is 2. The molecule has 0 atom stereocenters. The first-order valence-electron chi connectivity index (χ1n) is 7.76. The Morgan fingerprint density at radius 1 is 1.20 bits per heavy atom. The molecule has 0 fully saturated rings. The third-order valence-corrected chi connectivity index (χ3v) is 3.62. The molecule has 7 heteroatoms. The smallest absolute Gasteiger partial charge is 0.311 e. The molecule has 132 valence electrons. The molecule has 0 spiro atoms. The number of hydrogen-bond acceptors (Lipinski definition) is 5. The summed E-state index contributed by atoms with van der Waals surface area (Å²) >= 11 is 0. The summed E-state index contributed by atoms with van der Waals surface area (Å²) in [6.45, 7) is 2.88. The maximum absolute atomic E-state index is 12.5. The lowest BCUT2D eigenvalue weighted by atomic mass is 10.1. The predicted octanol–water partition coefficient (Wildman–Crippen LogP) is 3.27. The second kappa shape index (κ2) is 8.14. The normalized spacial score (nSPS) is 10.2. The van der Waals surface area contributed by atoms with Gasteiger partial charge >= 0.3 is 5.69 Å². The number of nitro groups is 1. The molecule has 0 bridgehead atoms. The monoisotopic (exact) mass is 344 g/mol. The minimum Gasteiger partial charge on any atom is -0.494 e. The number of nitro benzene ring substituents is 1. The predicted molar refractivity (Wildman–Crippen MR) is 93.1 cm³/mol. The first-order chi connectivity index (χ1) is 12.0. The largest absolute Gasteiger partial charge is 0.494 e. The van der Waals surface area contributed by atoms with Crippen molar-refractivity contribution in [2.75, 3.05) is 20.8 Å². The van der Waals surface area contributed by atoms with Crippen molar-refractivity contribution in [3.05, 3.63) is 63.7 Å². The number of rotatable bonds is 7. The minimum atomic E-state index is -0.567. The van der Waals surface area contributed by atoms with E-state index in [1.807, 2.05) is 31.2 Å². The summed E-state index contributed by atoms with van der Waals surface area (Å²) in [5.41, 5.74) is 0.936. The highest BCUT2D eigenvalue weighted by Gasteiger charge is 2.20. The number of ether oxygens (including phenoxy) is 2. The average Bonchev–Trinajstić information content (AvgIpc) is 2.62. The average molecular weight is 344 g/mol. The molecule has 0 aromatic heterocycles. The molecule has 0 aliphatic carbocycles. The highest BCUT2D eigenvalue weighted by atomic mass is 16.6. The highest BCUT2D eigenvalue weighted by Crippen LogP contribution is 2.28. The van der Waals surface area contributed by atoms with Crippen molar-refractivity contribution in [2.45, 2.75) is 13.5 Å². The van der Waals surface area contributed by atoms with Gasteiger partial charge < -0.3 is 14.4 Å². The third-order valence-electron chi connectivity index (χ3n) is 3.62. The Morgan fingerprint density at radius 2 is 1.88 bits per heavy atom. The zero-order valence-electron chi connectivity index (χ0n) is 14.4. The van der Waals surface area contributed by atoms with E-state index in [-0.39, 0.29) is 22.9 Å². The Morgan fingerprint density at radius 3 is 2.44 bits per heavy atom. The second-order valence-corrected chi connectivity index (χ2v) is 5.38. The van der Waals surface area contributed by atoms with Crippen LogP contribution in [-0.4, -0.2) is 36.5 Å². The number of hydrogen-bond donors (Lipinski definition) is 0. The van der Waals surface area contributed by atoms with Gasteiger partial charge in [-0.05, 0) is 36.8 Å². The molecule has 2 rings (SSSR count). The fourth-order valence-corrected chi connectivity index (χ4v) is 2.39. The number of benzene rings is 2. The van der Waals surface area contributed by atoms with Crippen molar-refractivity contribution < 1.29 is 19.2 Å². The Bertz CT molecular complexity index is 759. The zero-order valence-corrected chi connectivity index (χ0v) is 14.4. The van der Waals surface area contributed by atoms with Gasteiger partial charge in [-0.2, -0.15) is 0 Å². The van der Waals surface area contributed by atoms with Gasteiger partial charge in [0.1, 0.15) is 5.75 Å². The van der Waals surface area contributed by atoms with Crippen LogP contribution in [-0.2, 0) is 6.54 Å². The lowest BCUT2D eigenvalue weighted by Gasteiger charge is -2.18. The Balaban J connectivity index is 2.14. The van der Waals surface area contributed by atoms with Crippen LogP contribution in [0.4, 0.5) is 5.69 Å². The van der Waals surface area contributed by atoms with E-state index >= 15 is 0 Å². The number of carbonyl (C=O) groups excluding carboxylic acids is 1. The van der Waals surface area contributed by atoms with Crippen molar-refractivity contribution in [1.82, 2.24) is 4.90 Å². The molecule has 2 aromatic rings. The van der Waals surface area contributed by atoms with E-state index in [1.54, 1.807) is 7.05 Å². The maximum Gasteiger partial charge on any atom is 0.311 e. The van der Waals surface area contributed by atoms with E-state index in [0.29, 0.717) is 13.2 Å². The minimum absolute atomic E-state index is 0.121. The molecule has 2 aromatic carbocycles. The summed E-state index contributed by atoms with van der Waals surface area (Å²) in [4.78, 5) is 24.6. The fourth-order valence-electron chi connectivity index (χ4n) is 2.39. The van der Waals surface area contributed by atoms with Crippen LogP contribution in [0.5, 0.6) is 11.5 Å². The molecule has 0 radical (unpaired) electrons. The van der Waals surface area contributed by atoms with Crippen molar-refractivity contribution >= 4 is 11.6 Å². The van der Waals surface area contributed by atoms with Gasteiger partial charge in [0.15, 0.2) is 5.75 Å². The van der Waals surface area contributed by atoms with Gasteiger partial charge in [-0.15, -0.1) is 0 Å². The van der Waals surface area contributed by atoms with Crippen LogP contribution in [0.1, 0.15) is 22.8 Å². The molecule has 0 saturated heterocycles. The number of amides is 1. The summed E-state index contributed by atoms with van der Waals surface area (Å²) in [7, 11) is 3.00. The van der Waals surface area contributed by atoms with Gasteiger partial charge in [-0.25, -0.2) is 0 Å². The van der Waals surface area contributed by atoms with Crippen LogP contribution in [0.2, 0.25) is 0 Å². The zero-order chi connectivity index (χ0) is 18.4. The summed E-state index contributed by atoms with van der Waals surface area (Å²) in [6.07, 6.45) is 0. The molecule has 1 amide bonds. The van der Waals surface area contributed by atoms with E-state index in [4.69, 9.17) is 9.47 Å². The van der Waals surface area contributed by atoms with Gasteiger partial charge in [0.2, 0.25) is 0 Å². The summed E-state index contributed by atoms with van der Waals surface area (Å²) < 4.78 is 10.3. The molecule has 0 heterocycles. The van der Waals surface area contributed by atoms with Gasteiger partial charge in [0, 0.05) is 25.2 Å². The molecular formula is C18H20N2O5. The molecule has 7 nitrogen and oxygen atoms in total. The summed E-state index contributed by atoms with van der Waals surface area (Å²) in [5.74, 6) is 0.585. The van der Waals surface area contributed by atoms with E-state index in [9.17, 15) is 14.9 Å². The highest BCUT2D eigenvalue weighted by molar-refractivity contribution is 5.95. The Hall–Kier alpha value is -3.09. The van der Waals surface area contributed by atoms with Crippen LogP contribution in [0.25, 0.3) is 0 Å². The van der Waals surface area contributed by atoms with E-state index in [1.165, 1.54) is 30.2 Å². The fraction of sp³-hybridized carbons (Fsp3) is 0.278. The van der Waals surface area contributed by atoms with Crippen molar-refractivity contribution in [2.24, 2.45) is 0 Å². The van der Waals surface area contributed by atoms with Crippen molar-refractivity contribution in [3.8, 4) is 11.5 Å². The lowest BCUT2D eigenvalue weighted by molar-refractivity contribution is -0.385. The molecule has 0 N–H and O–H groups in total. The number of methoxy groups -OCH3 is 1. The van der Waals surface area contributed by atoms with Crippen LogP contribution < -0.4 is 9.47 Å². The second-order valence-electron chi connectivity index (χ2n) is 5.38. The quantitative estimate of drug-likeness (QED) is 0.569. The Labute approximate surface area is 145 Å². The third kappa shape index (κ3) is 4.47. The van der Waals surface area contributed by atoms with Crippen molar-refractivity contribution in [1.29, 1.82) is 0 Å². The maximum atomic E-state index is 12.5. The first kappa shape index (κ1) is 18.3. The molecular weight excluding hydrogens is 324 g/mol. The van der Waals surface area contributed by atoms with E-state index in [2.05, 4.69) is 0 Å². The SMILES string of the molecule is CCOc1ccc(CN(C)C(=O)c2ccc(OC)c([N+](=O)[O-])c2)cc1. The number of carbonyl (C=O) groups is 1. The Kier molecular flexibility index (Phi) is 5.94. The van der Waals surface area contributed by atoms with Gasteiger partial charge in [0.25, 0.3) is 5.91 Å². The lowest BCUT2D eigenvalue weighted by Crippen LogP contribution is -2.26. The summed E-state index contributed by atoms with van der Waals surface area (Å²) in [5, 5.41) is 11.1. The van der Waals surface area contributed by atoms with Crippen LogP contribution in [0.15, 0.2) is 42.5 Å². The summed E-state index contributed by atoms with van der Waals surface area (Å²) in [6, 6.07) is 11.6. The molecule has 0 saturated carbocycles. The van der Waals surface area contributed by atoms with E-state index < -0.39 is 4.92 Å². The molecule has 0 aliphatic heterocycles. The molecule has 0 unspecified atom stereocenters. The standard InChI is InChI=1S/C18H20N2O5/c1-4-25-15-8-5-13(6-9-15)12-19(2)18(21)14-7-10-17(24-3)16(11-14)20(22)23/h5-11H,4,12H2,1-3H3. The molecule has 25 heavy (non-hydrogen) atoms. The van der Waals surface area contributed by atoms with Crippen LogP contribution in [0, 0.1) is 10.1 Å². The van der Waals surface area contributed by atoms with Crippen LogP contribution >= 0.6 is 0 Å². The van der Waals surface area contributed by atoms with Crippen molar-refractivity contribution in [3.63, 3.8) is 0 Å². The van der Waals surface area contributed by atoms with Gasteiger partial charge in [0.05, 0.1) is 18.6 Å². The van der Waals surface area contributed by atoms with E-state index in [0.717, 1.165) is 11.3 Å². The van der Waals surface area contributed by atoms with Crippen LogP contribution in [0.3, 0.4) is 0 Å². The van der Waals surface area contributed by atoms with Gasteiger partial charge in [-0.1, -0.05) is 12.1 Å².